The van der Waals surface area contributed by atoms with Gasteiger partial charge in [0, 0.05) is 10.6 Å². The van der Waals surface area contributed by atoms with Gasteiger partial charge >= 0.3 is 0 Å². The van der Waals surface area contributed by atoms with Crippen LogP contribution in [0.4, 0.5) is 0 Å². The minimum atomic E-state index is -0.0723. The van der Waals surface area contributed by atoms with Gasteiger partial charge in [-0.15, -0.1) is 0 Å². The fraction of sp³-hybridized carbons (Fsp3) is 0.235. The number of benzene rings is 2. The van der Waals surface area contributed by atoms with Crippen LogP contribution in [-0.2, 0) is 6.42 Å². The number of carbonyl (C=O) groups excluding carboxylic acids is 1. The average Bonchev–Trinajstić information content (AvgIpc) is 2.53. The van der Waals surface area contributed by atoms with Gasteiger partial charge in [0.05, 0.1) is 19.3 Å². The first-order valence-corrected chi connectivity index (χ1v) is 7.21. The molecular weight excluding hydrogens is 288 g/mol. The molecule has 108 valence electrons. The van der Waals surface area contributed by atoms with Crippen LogP contribution in [0.15, 0.2) is 36.4 Å². The summed E-state index contributed by atoms with van der Waals surface area (Å²) in [6.07, 6.45) is 1.92. The third-order valence-electron chi connectivity index (χ3n) is 3.58. The summed E-state index contributed by atoms with van der Waals surface area (Å²) in [7, 11) is 1.53. The predicted octanol–water partition coefficient (Wildman–Crippen LogP) is 3.90. The van der Waals surface area contributed by atoms with Crippen LogP contribution in [0.1, 0.15) is 27.9 Å². The summed E-state index contributed by atoms with van der Waals surface area (Å²) in [5.41, 5.74) is 2.23. The van der Waals surface area contributed by atoms with Crippen LogP contribution >= 0.6 is 11.6 Å². The van der Waals surface area contributed by atoms with E-state index in [9.17, 15) is 4.79 Å². The number of fused-ring (bicyclic) bond motifs is 1. The van der Waals surface area contributed by atoms with E-state index in [0.717, 1.165) is 30.8 Å². The van der Waals surface area contributed by atoms with Crippen LogP contribution in [0.2, 0.25) is 5.02 Å². The molecule has 0 aromatic heterocycles. The van der Waals surface area contributed by atoms with Crippen molar-refractivity contribution in [3.8, 4) is 11.5 Å². The van der Waals surface area contributed by atoms with Crippen LogP contribution in [0.3, 0.4) is 0 Å². The Hall–Kier alpha value is -2.00. The lowest BCUT2D eigenvalue weighted by Crippen LogP contribution is -2.10. The quantitative estimate of drug-likeness (QED) is 0.807. The maximum atomic E-state index is 12.7. The van der Waals surface area contributed by atoms with Crippen LogP contribution in [0.25, 0.3) is 0 Å². The van der Waals surface area contributed by atoms with Gasteiger partial charge in [-0.05, 0) is 54.8 Å². The number of rotatable bonds is 3. The summed E-state index contributed by atoms with van der Waals surface area (Å²) in [6.45, 7) is 0.741. The van der Waals surface area contributed by atoms with Crippen molar-refractivity contribution < 1.29 is 14.3 Å². The van der Waals surface area contributed by atoms with E-state index in [0.29, 0.717) is 21.9 Å². The molecule has 4 heteroatoms. The van der Waals surface area contributed by atoms with Crippen molar-refractivity contribution in [2.24, 2.45) is 0 Å². The molecule has 21 heavy (non-hydrogen) atoms. The number of ether oxygens (including phenoxy) is 2. The molecule has 2 aromatic rings. The van der Waals surface area contributed by atoms with Gasteiger partial charge in [-0.2, -0.15) is 0 Å². The number of aryl methyl sites for hydroxylation is 1. The van der Waals surface area contributed by atoms with Gasteiger partial charge in [-0.3, -0.25) is 4.79 Å². The van der Waals surface area contributed by atoms with E-state index < -0.39 is 0 Å². The molecular formula is C17H15ClO3. The monoisotopic (exact) mass is 302 g/mol. The SMILES string of the molecule is COc1cc(Cl)ccc1C(=O)c1ccc2c(c1)CCCO2. The Kier molecular flexibility index (Phi) is 3.84. The highest BCUT2D eigenvalue weighted by Gasteiger charge is 2.18. The van der Waals surface area contributed by atoms with Crippen molar-refractivity contribution in [2.45, 2.75) is 12.8 Å². The lowest BCUT2D eigenvalue weighted by molar-refractivity contribution is 0.103. The summed E-state index contributed by atoms with van der Waals surface area (Å²) in [5, 5.41) is 0.544. The molecule has 1 heterocycles. The second-order valence-electron chi connectivity index (χ2n) is 4.95. The maximum Gasteiger partial charge on any atom is 0.196 e. The number of hydrogen-bond donors (Lipinski definition) is 0. The van der Waals surface area contributed by atoms with Gasteiger partial charge in [-0.1, -0.05) is 11.6 Å². The molecule has 0 saturated carbocycles. The molecule has 0 atom stereocenters. The van der Waals surface area contributed by atoms with Crippen LogP contribution in [-0.4, -0.2) is 19.5 Å². The van der Waals surface area contributed by atoms with Crippen molar-refractivity contribution in [2.75, 3.05) is 13.7 Å². The Balaban J connectivity index is 1.99. The molecule has 0 fully saturated rings. The highest BCUT2D eigenvalue weighted by atomic mass is 35.5. The van der Waals surface area contributed by atoms with Crippen molar-refractivity contribution in [1.82, 2.24) is 0 Å². The zero-order valence-electron chi connectivity index (χ0n) is 11.7. The minimum Gasteiger partial charge on any atom is -0.496 e. The Bertz CT molecular complexity index is 694. The van der Waals surface area contributed by atoms with E-state index in [-0.39, 0.29) is 5.78 Å². The van der Waals surface area contributed by atoms with Gasteiger partial charge in [0.2, 0.25) is 0 Å². The van der Waals surface area contributed by atoms with E-state index >= 15 is 0 Å². The average molecular weight is 303 g/mol. The molecule has 1 aliphatic heterocycles. The molecule has 0 radical (unpaired) electrons. The normalized spacial score (nSPS) is 13.2. The van der Waals surface area contributed by atoms with Crippen LogP contribution < -0.4 is 9.47 Å². The van der Waals surface area contributed by atoms with Crippen molar-refractivity contribution in [1.29, 1.82) is 0 Å². The van der Waals surface area contributed by atoms with Crippen LogP contribution in [0.5, 0.6) is 11.5 Å². The zero-order valence-corrected chi connectivity index (χ0v) is 12.4. The Morgan fingerprint density at radius 1 is 1.24 bits per heavy atom. The van der Waals surface area contributed by atoms with Gasteiger partial charge in [-0.25, -0.2) is 0 Å². The van der Waals surface area contributed by atoms with Crippen LogP contribution in [0, 0.1) is 0 Å². The Morgan fingerprint density at radius 3 is 2.90 bits per heavy atom. The highest BCUT2D eigenvalue weighted by Crippen LogP contribution is 2.29. The summed E-state index contributed by atoms with van der Waals surface area (Å²) in [5.74, 6) is 1.29. The fourth-order valence-electron chi connectivity index (χ4n) is 2.51. The smallest absolute Gasteiger partial charge is 0.196 e. The number of ketones is 1. The first-order valence-electron chi connectivity index (χ1n) is 6.83. The third kappa shape index (κ3) is 2.74. The highest BCUT2D eigenvalue weighted by molar-refractivity contribution is 6.31. The van der Waals surface area contributed by atoms with Gasteiger partial charge in [0.1, 0.15) is 11.5 Å². The predicted molar refractivity (Wildman–Crippen MR) is 81.7 cm³/mol. The minimum absolute atomic E-state index is 0.0723. The Morgan fingerprint density at radius 2 is 2.10 bits per heavy atom. The molecule has 0 saturated heterocycles. The molecule has 0 bridgehead atoms. The molecule has 0 amide bonds. The topological polar surface area (TPSA) is 35.5 Å². The lowest BCUT2D eigenvalue weighted by Gasteiger charge is -2.17. The summed E-state index contributed by atoms with van der Waals surface area (Å²) >= 11 is 5.93. The molecule has 0 unspecified atom stereocenters. The van der Waals surface area contributed by atoms with Gasteiger partial charge < -0.3 is 9.47 Å². The van der Waals surface area contributed by atoms with Gasteiger partial charge in [0.15, 0.2) is 5.78 Å². The maximum absolute atomic E-state index is 12.7. The van der Waals surface area contributed by atoms with E-state index in [1.807, 2.05) is 12.1 Å². The molecule has 0 N–H and O–H groups in total. The van der Waals surface area contributed by atoms with E-state index in [1.54, 1.807) is 24.3 Å². The molecule has 2 aromatic carbocycles. The van der Waals surface area contributed by atoms with Gasteiger partial charge in [0.25, 0.3) is 0 Å². The second-order valence-corrected chi connectivity index (χ2v) is 5.38. The number of methoxy groups -OCH3 is 1. The summed E-state index contributed by atoms with van der Waals surface area (Å²) < 4.78 is 10.8. The largest absolute Gasteiger partial charge is 0.496 e. The standard InChI is InChI=1S/C17H15ClO3/c1-20-16-10-13(18)5-6-14(16)17(19)12-4-7-15-11(9-12)3-2-8-21-15/h4-7,9-10H,2-3,8H2,1H3. The fourth-order valence-corrected chi connectivity index (χ4v) is 2.67. The van der Waals surface area contributed by atoms with E-state index in [1.165, 1.54) is 7.11 Å². The number of hydrogen-bond acceptors (Lipinski definition) is 3. The molecule has 0 aliphatic carbocycles. The van der Waals surface area contributed by atoms with E-state index in [4.69, 9.17) is 21.1 Å². The number of carbonyl (C=O) groups is 1. The first kappa shape index (κ1) is 14.0. The van der Waals surface area contributed by atoms with Crippen molar-refractivity contribution >= 4 is 17.4 Å². The Labute approximate surface area is 128 Å². The molecule has 3 rings (SSSR count). The number of halogens is 1. The van der Waals surface area contributed by atoms with E-state index in [2.05, 4.69) is 0 Å². The van der Waals surface area contributed by atoms with Crippen molar-refractivity contribution in [3.05, 3.63) is 58.1 Å². The lowest BCUT2D eigenvalue weighted by atomic mass is 9.97. The zero-order chi connectivity index (χ0) is 14.8. The molecule has 3 nitrogen and oxygen atoms in total. The molecule has 1 aliphatic rings. The summed E-state index contributed by atoms with van der Waals surface area (Å²) in [6, 6.07) is 10.6. The molecule has 0 spiro atoms. The summed E-state index contributed by atoms with van der Waals surface area (Å²) in [4.78, 5) is 12.7. The van der Waals surface area contributed by atoms with Crippen molar-refractivity contribution in [3.63, 3.8) is 0 Å². The first-order chi connectivity index (χ1) is 10.2. The third-order valence-corrected chi connectivity index (χ3v) is 3.81. The second kappa shape index (κ2) is 5.78.